The molecule has 2 unspecified atom stereocenters. The Hall–Kier alpha value is -3.21. The molecule has 0 aliphatic heterocycles. The first-order chi connectivity index (χ1) is 16.1. The zero-order chi connectivity index (χ0) is 23.2. The average Bonchev–Trinajstić information content (AvgIpc) is 2.86. The van der Waals surface area contributed by atoms with Crippen LogP contribution in [0.15, 0.2) is 78.9 Å². The largest absolute Gasteiger partial charge is 0.457 e. The van der Waals surface area contributed by atoms with Gasteiger partial charge in [-0.25, -0.2) is 4.79 Å². The summed E-state index contributed by atoms with van der Waals surface area (Å²) in [4.78, 5) is 12.9. The van der Waals surface area contributed by atoms with Crippen LogP contribution >= 0.6 is 0 Å². The quantitative estimate of drug-likeness (QED) is 0.181. The number of ether oxygens (including phenoxy) is 1. The Balaban J connectivity index is 1.53. The maximum atomic E-state index is 12.9. The lowest BCUT2D eigenvalue weighted by Gasteiger charge is -2.18. The first kappa shape index (κ1) is 23.0. The Labute approximate surface area is 194 Å². The molecule has 0 aromatic heterocycles. The van der Waals surface area contributed by atoms with E-state index in [1.807, 2.05) is 36.4 Å². The lowest BCUT2D eigenvalue weighted by molar-refractivity contribution is 0.0119. The van der Waals surface area contributed by atoms with Crippen LogP contribution in [0.1, 0.15) is 60.2 Å². The van der Waals surface area contributed by atoms with Crippen molar-refractivity contribution in [2.24, 2.45) is 0 Å². The second-order valence-electron chi connectivity index (χ2n) is 8.51. The van der Waals surface area contributed by atoms with Crippen molar-refractivity contribution in [3.63, 3.8) is 0 Å². The molecule has 170 valence electrons. The van der Waals surface area contributed by atoms with Gasteiger partial charge in [-0.2, -0.15) is 0 Å². The summed E-state index contributed by atoms with van der Waals surface area (Å²) in [6, 6.07) is 25.0. The summed E-state index contributed by atoms with van der Waals surface area (Å²) >= 11 is 0. The summed E-state index contributed by atoms with van der Waals surface area (Å²) in [6.07, 6.45) is 1.56. The van der Waals surface area contributed by atoms with E-state index in [0.29, 0.717) is 17.5 Å². The van der Waals surface area contributed by atoms with Crippen LogP contribution in [0, 0.1) is 0 Å². The zero-order valence-electron chi connectivity index (χ0n) is 18.9. The molecule has 2 atom stereocenters. The Morgan fingerprint density at radius 2 is 1.52 bits per heavy atom. The fourth-order valence-corrected chi connectivity index (χ4v) is 4.32. The van der Waals surface area contributed by atoms with E-state index in [0.717, 1.165) is 46.4 Å². The first-order valence-electron chi connectivity index (χ1n) is 11.6. The van der Waals surface area contributed by atoms with Crippen molar-refractivity contribution in [3.8, 4) is 0 Å². The van der Waals surface area contributed by atoms with Crippen LogP contribution < -0.4 is 0 Å². The molecular formula is C29H30O4. The lowest BCUT2D eigenvalue weighted by Crippen LogP contribution is -2.18. The number of unbranched alkanes of at least 4 members (excludes halogenated alkanes) is 2. The highest BCUT2D eigenvalue weighted by Crippen LogP contribution is 2.29. The second kappa shape index (κ2) is 10.6. The van der Waals surface area contributed by atoms with Gasteiger partial charge in [0.1, 0.15) is 12.7 Å². The molecule has 33 heavy (non-hydrogen) atoms. The standard InChI is InChI=1S/C29H30O4/c1-2-3-4-16-27(30)28(31)22-12-9-13-23(18-22)29(32)33-19-26-24-14-7-5-10-20(24)17-21-11-6-8-15-25(21)26/h5-15,17-18,27-28,30-31H,2-4,16,19H2,1H3. The number of fused-ring (bicyclic) bond motifs is 2. The maximum Gasteiger partial charge on any atom is 0.338 e. The van der Waals surface area contributed by atoms with Gasteiger partial charge < -0.3 is 14.9 Å². The highest BCUT2D eigenvalue weighted by molar-refractivity contribution is 6.02. The molecule has 2 N–H and O–H groups in total. The van der Waals surface area contributed by atoms with Crippen LogP contribution in [-0.4, -0.2) is 22.3 Å². The Morgan fingerprint density at radius 1 is 0.848 bits per heavy atom. The van der Waals surface area contributed by atoms with Gasteiger partial charge in [-0.3, -0.25) is 0 Å². The minimum atomic E-state index is -1.03. The molecule has 0 saturated heterocycles. The summed E-state index contributed by atoms with van der Waals surface area (Å²) < 4.78 is 5.72. The maximum absolute atomic E-state index is 12.9. The number of carbonyl (C=O) groups excluding carboxylic acids is 1. The van der Waals surface area contributed by atoms with Gasteiger partial charge in [0, 0.05) is 5.56 Å². The normalized spacial score (nSPS) is 13.2. The van der Waals surface area contributed by atoms with Gasteiger partial charge in [0.2, 0.25) is 0 Å². The third kappa shape index (κ3) is 5.24. The molecule has 0 aliphatic carbocycles. The van der Waals surface area contributed by atoms with E-state index in [4.69, 9.17) is 4.74 Å². The molecule has 0 amide bonds. The number of rotatable bonds is 9. The van der Waals surface area contributed by atoms with Crippen molar-refractivity contribution in [3.05, 3.63) is 95.6 Å². The number of hydrogen-bond donors (Lipinski definition) is 2. The Kier molecular flexibility index (Phi) is 7.38. The summed E-state index contributed by atoms with van der Waals surface area (Å²) in [7, 11) is 0. The number of aliphatic hydroxyl groups is 2. The number of carbonyl (C=O) groups is 1. The van der Waals surface area contributed by atoms with Gasteiger partial charge in [-0.15, -0.1) is 0 Å². The van der Waals surface area contributed by atoms with E-state index >= 15 is 0 Å². The summed E-state index contributed by atoms with van der Waals surface area (Å²) in [5, 5.41) is 25.2. The Morgan fingerprint density at radius 3 is 2.18 bits per heavy atom. The van der Waals surface area contributed by atoms with Crippen LogP contribution in [0.5, 0.6) is 0 Å². The topological polar surface area (TPSA) is 66.8 Å². The SMILES string of the molecule is CCCCCC(O)C(O)c1cccc(C(=O)OCc2c3ccccc3cc3ccccc23)c1. The minimum absolute atomic E-state index is 0.146. The molecule has 0 saturated carbocycles. The van der Waals surface area contributed by atoms with Crippen LogP contribution in [0.4, 0.5) is 0 Å². The van der Waals surface area contributed by atoms with Crippen molar-refractivity contribution in [1.29, 1.82) is 0 Å². The van der Waals surface area contributed by atoms with Crippen LogP contribution in [0.25, 0.3) is 21.5 Å². The fourth-order valence-electron chi connectivity index (χ4n) is 4.32. The molecule has 0 spiro atoms. The van der Waals surface area contributed by atoms with Gasteiger partial charge >= 0.3 is 5.97 Å². The van der Waals surface area contributed by atoms with Crippen LogP contribution in [-0.2, 0) is 11.3 Å². The third-order valence-electron chi connectivity index (χ3n) is 6.16. The molecule has 0 aliphatic rings. The molecule has 0 bridgehead atoms. The predicted molar refractivity (Wildman–Crippen MR) is 132 cm³/mol. The number of hydrogen-bond acceptors (Lipinski definition) is 4. The van der Waals surface area contributed by atoms with Crippen molar-refractivity contribution in [2.45, 2.75) is 51.4 Å². The van der Waals surface area contributed by atoms with E-state index in [-0.39, 0.29) is 6.61 Å². The summed E-state index contributed by atoms with van der Waals surface area (Å²) in [5.41, 5.74) is 1.85. The minimum Gasteiger partial charge on any atom is -0.457 e. The van der Waals surface area contributed by atoms with Crippen molar-refractivity contribution < 1.29 is 19.7 Å². The summed E-state index contributed by atoms with van der Waals surface area (Å²) in [6.45, 7) is 2.24. The third-order valence-corrected chi connectivity index (χ3v) is 6.16. The van der Waals surface area contributed by atoms with E-state index in [1.54, 1.807) is 24.3 Å². The van der Waals surface area contributed by atoms with Gasteiger partial charge in [0.25, 0.3) is 0 Å². The highest BCUT2D eigenvalue weighted by atomic mass is 16.5. The first-order valence-corrected chi connectivity index (χ1v) is 11.6. The molecule has 0 fully saturated rings. The van der Waals surface area contributed by atoms with Crippen molar-refractivity contribution in [2.75, 3.05) is 0 Å². The van der Waals surface area contributed by atoms with E-state index in [2.05, 4.69) is 25.1 Å². The van der Waals surface area contributed by atoms with Crippen molar-refractivity contribution in [1.82, 2.24) is 0 Å². The molecule has 0 heterocycles. The highest BCUT2D eigenvalue weighted by Gasteiger charge is 2.20. The van der Waals surface area contributed by atoms with Gasteiger partial charge in [-0.05, 0) is 51.7 Å². The van der Waals surface area contributed by atoms with E-state index in [1.165, 1.54) is 0 Å². The Bertz CT molecular complexity index is 1190. The van der Waals surface area contributed by atoms with E-state index in [9.17, 15) is 15.0 Å². The average molecular weight is 443 g/mol. The summed E-state index contributed by atoms with van der Waals surface area (Å²) in [5.74, 6) is -0.457. The number of aliphatic hydroxyl groups excluding tert-OH is 2. The molecule has 4 heteroatoms. The van der Waals surface area contributed by atoms with Gasteiger partial charge in [0.05, 0.1) is 11.7 Å². The van der Waals surface area contributed by atoms with Crippen molar-refractivity contribution >= 4 is 27.5 Å². The van der Waals surface area contributed by atoms with Gasteiger partial charge in [-0.1, -0.05) is 86.8 Å². The molecule has 4 aromatic carbocycles. The number of benzene rings is 4. The molecular weight excluding hydrogens is 412 g/mol. The lowest BCUT2D eigenvalue weighted by atomic mass is 9.97. The van der Waals surface area contributed by atoms with E-state index < -0.39 is 18.2 Å². The van der Waals surface area contributed by atoms with Gasteiger partial charge in [0.15, 0.2) is 0 Å². The monoisotopic (exact) mass is 442 g/mol. The smallest absolute Gasteiger partial charge is 0.338 e. The van der Waals surface area contributed by atoms with Crippen LogP contribution in [0.2, 0.25) is 0 Å². The molecule has 0 radical (unpaired) electrons. The second-order valence-corrected chi connectivity index (χ2v) is 8.51. The number of esters is 1. The predicted octanol–water partition coefficient (Wildman–Crippen LogP) is 6.32. The molecule has 4 aromatic rings. The fraction of sp³-hybridized carbons (Fsp3) is 0.276. The zero-order valence-corrected chi connectivity index (χ0v) is 18.9. The molecule has 4 rings (SSSR count). The van der Waals surface area contributed by atoms with Crippen LogP contribution in [0.3, 0.4) is 0 Å². The molecule has 4 nitrogen and oxygen atoms in total.